The Morgan fingerprint density at radius 3 is 2.46 bits per heavy atom. The van der Waals surface area contributed by atoms with Crippen LogP contribution in [-0.2, 0) is 10.2 Å². The molecule has 1 atom stereocenters. The van der Waals surface area contributed by atoms with Crippen LogP contribution in [0.2, 0.25) is 0 Å². The van der Waals surface area contributed by atoms with Gasteiger partial charge in [0.1, 0.15) is 0 Å². The standard InChI is InChI=1S/C25H28O3/c1-17(2)20-12-14-25(3,4)22-16-19(10-11-21(20)22)23(26)13-15-28-24(27)18-8-6-5-7-9-18/h5-11,13,15-17,20H,12,14H2,1-4H3. The molecule has 2 aromatic rings. The fraction of sp³-hybridized carbons (Fsp3) is 0.360. The minimum Gasteiger partial charge on any atom is -0.431 e. The third kappa shape index (κ3) is 4.24. The summed E-state index contributed by atoms with van der Waals surface area (Å²) in [5.41, 5.74) is 3.76. The molecular formula is C25H28O3. The highest BCUT2D eigenvalue weighted by molar-refractivity contribution is 6.04. The molecule has 0 saturated heterocycles. The third-order valence-electron chi connectivity index (χ3n) is 5.76. The molecule has 0 radical (unpaired) electrons. The average Bonchev–Trinajstić information content (AvgIpc) is 2.68. The highest BCUT2D eigenvalue weighted by Gasteiger charge is 2.34. The lowest BCUT2D eigenvalue weighted by Gasteiger charge is -2.39. The minimum atomic E-state index is -0.476. The van der Waals surface area contributed by atoms with Crippen LogP contribution in [0.5, 0.6) is 0 Å². The molecule has 3 rings (SSSR count). The third-order valence-corrected chi connectivity index (χ3v) is 5.76. The Morgan fingerprint density at radius 1 is 1.07 bits per heavy atom. The summed E-state index contributed by atoms with van der Waals surface area (Å²) in [6.07, 6.45) is 4.79. The van der Waals surface area contributed by atoms with Gasteiger partial charge in [0.25, 0.3) is 0 Å². The molecule has 0 fully saturated rings. The zero-order chi connectivity index (χ0) is 20.3. The van der Waals surface area contributed by atoms with Crippen LogP contribution in [0.25, 0.3) is 0 Å². The van der Waals surface area contributed by atoms with E-state index in [4.69, 9.17) is 4.74 Å². The van der Waals surface area contributed by atoms with Gasteiger partial charge in [-0.15, -0.1) is 0 Å². The molecule has 1 aliphatic rings. The van der Waals surface area contributed by atoms with Crippen LogP contribution >= 0.6 is 0 Å². The van der Waals surface area contributed by atoms with Gasteiger partial charge in [-0.3, -0.25) is 4.79 Å². The summed E-state index contributed by atoms with van der Waals surface area (Å²) in [6, 6.07) is 14.7. The number of rotatable bonds is 5. The van der Waals surface area contributed by atoms with Gasteiger partial charge >= 0.3 is 5.97 Å². The number of esters is 1. The van der Waals surface area contributed by atoms with Crippen LogP contribution in [0.4, 0.5) is 0 Å². The van der Waals surface area contributed by atoms with Crippen molar-refractivity contribution in [1.29, 1.82) is 0 Å². The molecule has 146 valence electrons. The molecule has 2 aromatic carbocycles. The molecule has 3 heteroatoms. The van der Waals surface area contributed by atoms with Crippen LogP contribution in [0.3, 0.4) is 0 Å². The first-order valence-corrected chi connectivity index (χ1v) is 9.91. The second kappa shape index (κ2) is 8.14. The zero-order valence-corrected chi connectivity index (χ0v) is 17.1. The Bertz CT molecular complexity index is 891. The predicted molar refractivity (Wildman–Crippen MR) is 112 cm³/mol. The molecule has 1 aliphatic carbocycles. The molecule has 0 amide bonds. The number of hydrogen-bond acceptors (Lipinski definition) is 3. The summed E-state index contributed by atoms with van der Waals surface area (Å²) in [4.78, 5) is 24.6. The van der Waals surface area contributed by atoms with Gasteiger partial charge in [0.15, 0.2) is 5.78 Å². The molecule has 0 bridgehead atoms. The van der Waals surface area contributed by atoms with Crippen LogP contribution in [0.15, 0.2) is 60.9 Å². The highest BCUT2D eigenvalue weighted by Crippen LogP contribution is 2.45. The van der Waals surface area contributed by atoms with Crippen molar-refractivity contribution in [3.8, 4) is 0 Å². The molecule has 0 saturated carbocycles. The van der Waals surface area contributed by atoms with E-state index in [2.05, 4.69) is 33.8 Å². The van der Waals surface area contributed by atoms with E-state index in [0.717, 1.165) is 6.42 Å². The number of hydrogen-bond donors (Lipinski definition) is 0. The van der Waals surface area contributed by atoms with Crippen molar-refractivity contribution >= 4 is 11.8 Å². The van der Waals surface area contributed by atoms with Crippen molar-refractivity contribution in [2.45, 2.75) is 51.9 Å². The van der Waals surface area contributed by atoms with Gasteiger partial charge in [-0.1, -0.05) is 58.0 Å². The molecule has 3 nitrogen and oxygen atoms in total. The number of carbonyl (C=O) groups excluding carboxylic acids is 2. The topological polar surface area (TPSA) is 43.4 Å². The summed E-state index contributed by atoms with van der Waals surface area (Å²) in [6.45, 7) is 9.01. The Labute approximate surface area is 167 Å². The van der Waals surface area contributed by atoms with E-state index in [1.54, 1.807) is 24.3 Å². The van der Waals surface area contributed by atoms with Crippen LogP contribution < -0.4 is 0 Å². The summed E-state index contributed by atoms with van der Waals surface area (Å²) >= 11 is 0. The first kappa shape index (κ1) is 20.1. The van der Waals surface area contributed by atoms with Crippen LogP contribution in [0, 0.1) is 5.92 Å². The summed E-state index contributed by atoms with van der Waals surface area (Å²) in [5, 5.41) is 0. The summed E-state index contributed by atoms with van der Waals surface area (Å²) in [5.74, 6) is 0.477. The van der Waals surface area contributed by atoms with Gasteiger partial charge in [0.05, 0.1) is 11.8 Å². The van der Waals surface area contributed by atoms with Crippen LogP contribution in [-0.4, -0.2) is 11.8 Å². The van der Waals surface area contributed by atoms with E-state index in [0.29, 0.717) is 23.0 Å². The highest BCUT2D eigenvalue weighted by atomic mass is 16.5. The normalized spacial score (nSPS) is 18.1. The number of carbonyl (C=O) groups is 2. The SMILES string of the molecule is CC(C)C1CCC(C)(C)c2cc(C(=O)C=COC(=O)c3ccccc3)ccc21. The molecule has 0 heterocycles. The molecule has 0 aliphatic heterocycles. The number of ketones is 1. The fourth-order valence-electron chi connectivity index (χ4n) is 4.01. The fourth-order valence-corrected chi connectivity index (χ4v) is 4.01. The lowest BCUT2D eigenvalue weighted by Crippen LogP contribution is -2.28. The summed E-state index contributed by atoms with van der Waals surface area (Å²) in [7, 11) is 0. The lowest BCUT2D eigenvalue weighted by atomic mass is 9.66. The second-order valence-corrected chi connectivity index (χ2v) is 8.51. The Hall–Kier alpha value is -2.68. The Morgan fingerprint density at radius 2 is 1.79 bits per heavy atom. The number of benzene rings is 2. The van der Waals surface area contributed by atoms with Crippen molar-refractivity contribution in [1.82, 2.24) is 0 Å². The first-order chi connectivity index (χ1) is 13.3. The van der Waals surface area contributed by atoms with Crippen molar-refractivity contribution in [3.05, 3.63) is 83.1 Å². The van der Waals surface area contributed by atoms with Gasteiger partial charge in [-0.2, -0.15) is 0 Å². The van der Waals surface area contributed by atoms with E-state index in [1.165, 1.54) is 29.9 Å². The van der Waals surface area contributed by atoms with E-state index >= 15 is 0 Å². The number of fused-ring (bicyclic) bond motifs is 1. The molecular weight excluding hydrogens is 348 g/mol. The van der Waals surface area contributed by atoms with Crippen molar-refractivity contribution in [2.75, 3.05) is 0 Å². The molecule has 0 aromatic heterocycles. The number of ether oxygens (including phenoxy) is 1. The zero-order valence-electron chi connectivity index (χ0n) is 17.1. The molecule has 0 N–H and O–H groups in total. The minimum absolute atomic E-state index is 0.0561. The van der Waals surface area contributed by atoms with E-state index < -0.39 is 5.97 Å². The van der Waals surface area contributed by atoms with Gasteiger partial charge in [-0.25, -0.2) is 4.79 Å². The van der Waals surface area contributed by atoms with Gasteiger partial charge < -0.3 is 4.74 Å². The van der Waals surface area contributed by atoms with Gasteiger partial charge in [0, 0.05) is 11.6 Å². The Balaban J connectivity index is 1.77. The molecule has 1 unspecified atom stereocenters. The smallest absolute Gasteiger partial charge is 0.342 e. The monoisotopic (exact) mass is 376 g/mol. The molecule has 28 heavy (non-hydrogen) atoms. The van der Waals surface area contributed by atoms with Crippen molar-refractivity contribution in [3.63, 3.8) is 0 Å². The maximum Gasteiger partial charge on any atom is 0.342 e. The Kier molecular flexibility index (Phi) is 5.83. The van der Waals surface area contributed by atoms with Crippen molar-refractivity contribution < 1.29 is 14.3 Å². The maximum absolute atomic E-state index is 12.6. The summed E-state index contributed by atoms with van der Waals surface area (Å²) < 4.78 is 5.08. The first-order valence-electron chi connectivity index (χ1n) is 9.91. The van der Waals surface area contributed by atoms with Crippen molar-refractivity contribution in [2.24, 2.45) is 5.92 Å². The van der Waals surface area contributed by atoms with E-state index in [1.807, 2.05) is 18.2 Å². The largest absolute Gasteiger partial charge is 0.431 e. The lowest BCUT2D eigenvalue weighted by molar-refractivity contribution is 0.0662. The number of allylic oxidation sites excluding steroid dienone is 1. The second-order valence-electron chi connectivity index (χ2n) is 8.51. The quantitative estimate of drug-likeness (QED) is 0.276. The van der Waals surface area contributed by atoms with Gasteiger partial charge in [0.2, 0.25) is 0 Å². The van der Waals surface area contributed by atoms with Crippen LogP contribution in [0.1, 0.15) is 78.3 Å². The predicted octanol–water partition coefficient (Wildman–Crippen LogP) is 6.05. The molecule has 0 spiro atoms. The average molecular weight is 376 g/mol. The maximum atomic E-state index is 12.6. The van der Waals surface area contributed by atoms with Gasteiger partial charge in [-0.05, 0) is 59.4 Å². The van der Waals surface area contributed by atoms with E-state index in [-0.39, 0.29) is 11.2 Å². The van der Waals surface area contributed by atoms with E-state index in [9.17, 15) is 9.59 Å².